The average Bonchev–Trinajstić information content (AvgIpc) is 2.71. The highest BCUT2D eigenvalue weighted by molar-refractivity contribution is 6.30. The lowest BCUT2D eigenvalue weighted by Gasteiger charge is -2.06. The molecule has 3 heteroatoms. The van der Waals surface area contributed by atoms with Crippen LogP contribution >= 0.6 is 11.6 Å². The van der Waals surface area contributed by atoms with Gasteiger partial charge in [-0.1, -0.05) is 23.3 Å². The molecule has 1 aromatic carbocycles. The van der Waals surface area contributed by atoms with Crippen LogP contribution in [0, 0.1) is 0 Å². The summed E-state index contributed by atoms with van der Waals surface area (Å²) in [5.41, 5.74) is 2.46. The number of rotatable bonds is 2. The molecule has 0 saturated carbocycles. The molecular formula is C12H14ClNO. The van der Waals surface area contributed by atoms with Crippen LogP contribution in [0.4, 0.5) is 0 Å². The molecule has 0 atom stereocenters. The molecule has 1 aliphatic heterocycles. The van der Waals surface area contributed by atoms with E-state index in [-0.39, 0.29) is 0 Å². The van der Waals surface area contributed by atoms with Gasteiger partial charge in [-0.25, -0.2) is 0 Å². The summed E-state index contributed by atoms with van der Waals surface area (Å²) < 4.78 is 5.29. The molecule has 0 bridgehead atoms. The van der Waals surface area contributed by atoms with Gasteiger partial charge >= 0.3 is 0 Å². The van der Waals surface area contributed by atoms with Gasteiger partial charge < -0.3 is 10.1 Å². The minimum Gasteiger partial charge on any atom is -0.496 e. The molecule has 0 aromatic heterocycles. The highest BCUT2D eigenvalue weighted by Crippen LogP contribution is 2.25. The van der Waals surface area contributed by atoms with E-state index in [0.717, 1.165) is 35.8 Å². The Balaban J connectivity index is 2.32. The van der Waals surface area contributed by atoms with E-state index in [1.165, 1.54) is 5.57 Å². The first kappa shape index (κ1) is 10.5. The summed E-state index contributed by atoms with van der Waals surface area (Å²) in [7, 11) is 1.68. The second kappa shape index (κ2) is 4.69. The Bertz CT molecular complexity index is 379. The second-order valence-corrected chi connectivity index (χ2v) is 4.05. The molecule has 0 aliphatic carbocycles. The van der Waals surface area contributed by atoms with Crippen LogP contribution in [0.25, 0.3) is 6.08 Å². The van der Waals surface area contributed by atoms with Crippen LogP contribution < -0.4 is 10.1 Å². The number of nitrogens with one attached hydrogen (secondary N) is 1. The van der Waals surface area contributed by atoms with E-state index in [0.29, 0.717) is 0 Å². The minimum absolute atomic E-state index is 0.744. The van der Waals surface area contributed by atoms with E-state index >= 15 is 0 Å². The van der Waals surface area contributed by atoms with Crippen molar-refractivity contribution in [2.75, 3.05) is 20.2 Å². The van der Waals surface area contributed by atoms with E-state index in [1.54, 1.807) is 7.11 Å². The predicted molar refractivity (Wildman–Crippen MR) is 63.5 cm³/mol. The summed E-state index contributed by atoms with van der Waals surface area (Å²) >= 11 is 5.96. The van der Waals surface area contributed by atoms with Crippen molar-refractivity contribution in [2.45, 2.75) is 6.42 Å². The zero-order chi connectivity index (χ0) is 10.7. The molecule has 1 aromatic rings. The monoisotopic (exact) mass is 223 g/mol. The van der Waals surface area contributed by atoms with Crippen molar-refractivity contribution < 1.29 is 4.74 Å². The first-order valence-corrected chi connectivity index (χ1v) is 5.41. The van der Waals surface area contributed by atoms with Crippen molar-refractivity contribution in [3.05, 3.63) is 34.4 Å². The molecule has 80 valence electrons. The quantitative estimate of drug-likeness (QED) is 0.833. The topological polar surface area (TPSA) is 21.3 Å². The molecule has 15 heavy (non-hydrogen) atoms. The highest BCUT2D eigenvalue weighted by Gasteiger charge is 2.07. The maximum Gasteiger partial charge on any atom is 0.126 e. The number of hydrogen-bond donors (Lipinski definition) is 1. The molecular weight excluding hydrogens is 210 g/mol. The summed E-state index contributed by atoms with van der Waals surface area (Å²) in [6.45, 7) is 2.03. The first-order valence-electron chi connectivity index (χ1n) is 5.03. The molecule has 2 nitrogen and oxygen atoms in total. The molecule has 1 heterocycles. The minimum atomic E-state index is 0.744. The molecule has 0 amide bonds. The Hall–Kier alpha value is -0.990. The highest BCUT2D eigenvalue weighted by atomic mass is 35.5. The van der Waals surface area contributed by atoms with Crippen LogP contribution in [0.15, 0.2) is 23.8 Å². The van der Waals surface area contributed by atoms with E-state index < -0.39 is 0 Å². The molecule has 1 aliphatic rings. The van der Waals surface area contributed by atoms with Crippen molar-refractivity contribution in [1.82, 2.24) is 5.32 Å². The van der Waals surface area contributed by atoms with Gasteiger partial charge in [-0.2, -0.15) is 0 Å². The smallest absolute Gasteiger partial charge is 0.126 e. The van der Waals surface area contributed by atoms with Crippen molar-refractivity contribution in [3.8, 4) is 5.75 Å². The summed E-state index contributed by atoms with van der Waals surface area (Å²) in [6.07, 6.45) is 3.26. The van der Waals surface area contributed by atoms with Crippen molar-refractivity contribution in [2.24, 2.45) is 0 Å². The average molecular weight is 224 g/mol. The zero-order valence-corrected chi connectivity index (χ0v) is 9.47. The Morgan fingerprint density at radius 3 is 3.00 bits per heavy atom. The van der Waals surface area contributed by atoms with Gasteiger partial charge in [-0.3, -0.25) is 0 Å². The number of hydrogen-bond acceptors (Lipinski definition) is 2. The van der Waals surface area contributed by atoms with Crippen LogP contribution in [0.1, 0.15) is 12.0 Å². The van der Waals surface area contributed by atoms with Crippen LogP contribution in [-0.2, 0) is 0 Å². The number of methoxy groups -OCH3 is 1. The van der Waals surface area contributed by atoms with Gasteiger partial charge in [0.1, 0.15) is 5.75 Å². The fourth-order valence-electron chi connectivity index (χ4n) is 1.75. The Morgan fingerprint density at radius 1 is 1.47 bits per heavy atom. The Labute approximate surface area is 94.9 Å². The van der Waals surface area contributed by atoms with Gasteiger partial charge in [-0.15, -0.1) is 0 Å². The lowest BCUT2D eigenvalue weighted by atomic mass is 10.1. The fraction of sp³-hybridized carbons (Fsp3) is 0.333. The van der Waals surface area contributed by atoms with E-state index in [1.807, 2.05) is 18.2 Å². The SMILES string of the molecule is COc1ccc(Cl)cc1C=C1CCNC1. The van der Waals surface area contributed by atoms with Crippen molar-refractivity contribution >= 4 is 17.7 Å². The van der Waals surface area contributed by atoms with Gasteiger partial charge in [0.25, 0.3) is 0 Å². The normalized spacial score (nSPS) is 18.4. The van der Waals surface area contributed by atoms with Crippen LogP contribution in [0.2, 0.25) is 5.02 Å². The Morgan fingerprint density at radius 2 is 2.33 bits per heavy atom. The lowest BCUT2D eigenvalue weighted by molar-refractivity contribution is 0.414. The number of halogens is 1. The van der Waals surface area contributed by atoms with E-state index in [2.05, 4.69) is 11.4 Å². The van der Waals surface area contributed by atoms with E-state index in [4.69, 9.17) is 16.3 Å². The lowest BCUT2D eigenvalue weighted by Crippen LogP contribution is -2.04. The molecule has 1 N–H and O–H groups in total. The van der Waals surface area contributed by atoms with Gasteiger partial charge in [0.2, 0.25) is 0 Å². The van der Waals surface area contributed by atoms with Crippen molar-refractivity contribution in [1.29, 1.82) is 0 Å². The van der Waals surface area contributed by atoms with Gasteiger partial charge in [-0.05, 0) is 31.2 Å². The largest absolute Gasteiger partial charge is 0.496 e. The summed E-state index contributed by atoms with van der Waals surface area (Å²) in [6, 6.07) is 5.68. The van der Waals surface area contributed by atoms with Gasteiger partial charge in [0, 0.05) is 17.1 Å². The molecule has 1 saturated heterocycles. The fourth-order valence-corrected chi connectivity index (χ4v) is 1.93. The van der Waals surface area contributed by atoms with Crippen LogP contribution in [0.3, 0.4) is 0 Å². The maximum absolute atomic E-state index is 5.96. The third-order valence-corrected chi connectivity index (χ3v) is 2.76. The Kier molecular flexibility index (Phi) is 3.29. The molecule has 0 spiro atoms. The zero-order valence-electron chi connectivity index (χ0n) is 8.72. The number of ether oxygens (including phenoxy) is 1. The molecule has 0 radical (unpaired) electrons. The molecule has 1 fully saturated rings. The third-order valence-electron chi connectivity index (χ3n) is 2.53. The molecule has 0 unspecified atom stereocenters. The summed E-state index contributed by atoms with van der Waals surface area (Å²) in [4.78, 5) is 0. The maximum atomic E-state index is 5.96. The number of benzene rings is 1. The summed E-state index contributed by atoms with van der Waals surface area (Å²) in [5.74, 6) is 0.874. The second-order valence-electron chi connectivity index (χ2n) is 3.62. The van der Waals surface area contributed by atoms with E-state index in [9.17, 15) is 0 Å². The summed E-state index contributed by atoms with van der Waals surface area (Å²) in [5, 5.41) is 4.05. The van der Waals surface area contributed by atoms with Crippen molar-refractivity contribution in [3.63, 3.8) is 0 Å². The van der Waals surface area contributed by atoms with Gasteiger partial charge in [0.15, 0.2) is 0 Å². The molecule has 2 rings (SSSR count). The predicted octanol–water partition coefficient (Wildman–Crippen LogP) is 2.73. The standard InChI is InChI=1S/C12H14ClNO/c1-15-12-3-2-11(13)7-10(12)6-9-4-5-14-8-9/h2-3,6-7,14H,4-5,8H2,1H3. The third kappa shape index (κ3) is 2.52. The van der Waals surface area contributed by atoms with Gasteiger partial charge in [0.05, 0.1) is 7.11 Å². The van der Waals surface area contributed by atoms with Crippen LogP contribution in [-0.4, -0.2) is 20.2 Å². The van der Waals surface area contributed by atoms with Crippen LogP contribution in [0.5, 0.6) is 5.75 Å². The first-order chi connectivity index (χ1) is 7.29.